The number of hydrogen-bond donors (Lipinski definition) is 1. The molecule has 2 aromatic rings. The van der Waals surface area contributed by atoms with Crippen LogP contribution in [-0.2, 0) is 16.6 Å². The summed E-state index contributed by atoms with van der Waals surface area (Å²) in [7, 11) is 0. The molecule has 1 aromatic heterocycles. The number of carbonyl (C=O) groups excluding carboxylic acids is 2. The van der Waals surface area contributed by atoms with Gasteiger partial charge < -0.3 is 19.6 Å². The topological polar surface area (TPSA) is 82.4 Å². The Morgan fingerprint density at radius 3 is 2.23 bits per heavy atom. The second kappa shape index (κ2) is 6.05. The fourth-order valence-corrected chi connectivity index (χ4v) is 1.93. The number of benzene rings is 1. The first-order chi connectivity index (χ1) is 10.3. The number of nitrogens with one attached hydrogen (secondary N) is 1. The second-order valence-corrected chi connectivity index (χ2v) is 6.11. The van der Waals surface area contributed by atoms with Crippen LogP contribution in [-0.4, -0.2) is 11.9 Å². The number of anilines is 1. The normalized spacial score (nSPS) is 11.2. The highest BCUT2D eigenvalue weighted by atomic mass is 16.4. The third-order valence-corrected chi connectivity index (χ3v) is 3.13. The molecule has 0 atom stereocenters. The molecule has 0 unspecified atom stereocenters. The van der Waals surface area contributed by atoms with Crippen LogP contribution >= 0.6 is 0 Å². The van der Waals surface area contributed by atoms with E-state index in [1.165, 1.54) is 0 Å². The number of carboxylic acids is 1. The third kappa shape index (κ3) is 3.97. The predicted molar refractivity (Wildman–Crippen MR) is 80.5 cm³/mol. The summed E-state index contributed by atoms with van der Waals surface area (Å²) >= 11 is 0. The number of carboxylic acid groups (broad SMARTS) is 1. The van der Waals surface area contributed by atoms with Crippen LogP contribution < -0.4 is 10.4 Å². The molecular formula is C17H18NO4-. The number of aliphatic carboxylic acids is 1. The molecule has 0 spiro atoms. The van der Waals surface area contributed by atoms with Gasteiger partial charge in [-0.05, 0) is 29.8 Å². The zero-order chi connectivity index (χ0) is 16.3. The van der Waals surface area contributed by atoms with Crippen molar-refractivity contribution in [2.45, 2.75) is 32.6 Å². The van der Waals surface area contributed by atoms with Crippen LogP contribution in [0.1, 0.15) is 42.6 Å². The average Bonchev–Trinajstić information content (AvgIpc) is 2.90. The zero-order valence-electron chi connectivity index (χ0n) is 12.8. The van der Waals surface area contributed by atoms with Crippen molar-refractivity contribution in [3.63, 3.8) is 0 Å². The second-order valence-electron chi connectivity index (χ2n) is 6.11. The van der Waals surface area contributed by atoms with E-state index in [2.05, 4.69) is 5.32 Å². The van der Waals surface area contributed by atoms with Gasteiger partial charge in [0.15, 0.2) is 5.76 Å². The SMILES string of the molecule is CC(C)(C)c1ccc(C(=O)Nc2ccc(CC(=O)[O-])cc2)o1. The average molecular weight is 300 g/mol. The van der Waals surface area contributed by atoms with Gasteiger partial charge in [0.2, 0.25) is 0 Å². The van der Waals surface area contributed by atoms with E-state index in [4.69, 9.17) is 4.42 Å². The van der Waals surface area contributed by atoms with Crippen molar-refractivity contribution in [2.75, 3.05) is 5.32 Å². The molecule has 0 saturated carbocycles. The lowest BCUT2D eigenvalue weighted by Crippen LogP contribution is -2.24. The summed E-state index contributed by atoms with van der Waals surface area (Å²) in [6.07, 6.45) is -0.151. The van der Waals surface area contributed by atoms with Crippen molar-refractivity contribution in [3.8, 4) is 0 Å². The van der Waals surface area contributed by atoms with Crippen LogP contribution in [0.15, 0.2) is 40.8 Å². The zero-order valence-corrected chi connectivity index (χ0v) is 12.8. The summed E-state index contributed by atoms with van der Waals surface area (Å²) in [6.45, 7) is 6.01. The molecule has 116 valence electrons. The molecule has 0 radical (unpaired) electrons. The van der Waals surface area contributed by atoms with Crippen molar-refractivity contribution in [2.24, 2.45) is 0 Å². The summed E-state index contributed by atoms with van der Waals surface area (Å²) in [5.41, 5.74) is 1.03. The first-order valence-electron chi connectivity index (χ1n) is 6.96. The van der Waals surface area contributed by atoms with E-state index in [1.807, 2.05) is 20.8 Å². The van der Waals surface area contributed by atoms with Gasteiger partial charge in [-0.25, -0.2) is 0 Å². The van der Waals surface area contributed by atoms with Crippen molar-refractivity contribution in [1.29, 1.82) is 0 Å². The molecule has 5 heteroatoms. The van der Waals surface area contributed by atoms with Gasteiger partial charge >= 0.3 is 0 Å². The van der Waals surface area contributed by atoms with E-state index in [0.717, 1.165) is 5.76 Å². The Bertz CT molecular complexity index is 677. The minimum atomic E-state index is -1.14. The summed E-state index contributed by atoms with van der Waals surface area (Å²) in [6, 6.07) is 9.98. The smallest absolute Gasteiger partial charge is 0.291 e. The lowest BCUT2D eigenvalue weighted by atomic mass is 9.94. The van der Waals surface area contributed by atoms with Gasteiger partial charge in [-0.2, -0.15) is 0 Å². The maximum atomic E-state index is 12.1. The highest BCUT2D eigenvalue weighted by Crippen LogP contribution is 2.24. The number of carbonyl (C=O) groups is 2. The highest BCUT2D eigenvalue weighted by molar-refractivity contribution is 6.02. The molecule has 0 saturated heterocycles. The van der Waals surface area contributed by atoms with Crippen LogP contribution in [0.25, 0.3) is 0 Å². The molecule has 5 nitrogen and oxygen atoms in total. The molecule has 0 fully saturated rings. The molecule has 1 N–H and O–H groups in total. The van der Waals surface area contributed by atoms with Gasteiger partial charge in [-0.15, -0.1) is 0 Å². The van der Waals surface area contributed by atoms with Crippen molar-refractivity contribution < 1.29 is 19.1 Å². The fraction of sp³-hybridized carbons (Fsp3) is 0.294. The van der Waals surface area contributed by atoms with Gasteiger partial charge in [-0.3, -0.25) is 4.79 Å². The summed E-state index contributed by atoms with van der Waals surface area (Å²) in [5.74, 6) is -0.504. The standard InChI is InChI=1S/C17H19NO4/c1-17(2,3)14-9-8-13(22-14)16(21)18-12-6-4-11(5-7-12)10-15(19)20/h4-9H,10H2,1-3H3,(H,18,21)(H,19,20)/p-1. The Hall–Kier alpha value is -2.56. The molecule has 2 rings (SSSR count). The van der Waals surface area contributed by atoms with Crippen LogP contribution in [0, 0.1) is 0 Å². The Morgan fingerprint density at radius 2 is 1.73 bits per heavy atom. The Kier molecular flexibility index (Phi) is 4.35. The maximum absolute atomic E-state index is 12.1. The predicted octanol–water partition coefficient (Wildman–Crippen LogP) is 2.12. The monoisotopic (exact) mass is 300 g/mol. The number of rotatable bonds is 4. The van der Waals surface area contributed by atoms with Gasteiger partial charge in [0.05, 0.1) is 0 Å². The van der Waals surface area contributed by atoms with E-state index in [0.29, 0.717) is 11.3 Å². The molecular weight excluding hydrogens is 282 g/mol. The fourth-order valence-electron chi connectivity index (χ4n) is 1.93. The number of furan rings is 1. The lowest BCUT2D eigenvalue weighted by molar-refractivity contribution is -0.304. The van der Waals surface area contributed by atoms with Gasteiger partial charge in [0, 0.05) is 23.5 Å². The molecule has 0 aliphatic rings. The van der Waals surface area contributed by atoms with E-state index in [-0.39, 0.29) is 23.5 Å². The minimum Gasteiger partial charge on any atom is -0.550 e. The maximum Gasteiger partial charge on any atom is 0.291 e. The number of amides is 1. The van der Waals surface area contributed by atoms with Crippen LogP contribution in [0.4, 0.5) is 5.69 Å². The van der Waals surface area contributed by atoms with Gasteiger partial charge in [0.1, 0.15) is 5.76 Å². The van der Waals surface area contributed by atoms with Crippen LogP contribution in [0.3, 0.4) is 0 Å². The van der Waals surface area contributed by atoms with E-state index in [9.17, 15) is 14.7 Å². The number of hydrogen-bond acceptors (Lipinski definition) is 4. The lowest BCUT2D eigenvalue weighted by Gasteiger charge is -2.14. The molecule has 0 aliphatic heterocycles. The first kappa shape index (κ1) is 15.8. The molecule has 0 bridgehead atoms. The van der Waals surface area contributed by atoms with Crippen molar-refractivity contribution in [3.05, 3.63) is 53.5 Å². The van der Waals surface area contributed by atoms with E-state index >= 15 is 0 Å². The highest BCUT2D eigenvalue weighted by Gasteiger charge is 2.20. The Balaban J connectivity index is 2.05. The summed E-state index contributed by atoms with van der Waals surface area (Å²) in [4.78, 5) is 22.6. The van der Waals surface area contributed by atoms with Crippen LogP contribution in [0.2, 0.25) is 0 Å². The van der Waals surface area contributed by atoms with E-state index in [1.54, 1.807) is 36.4 Å². The Labute approximate surface area is 129 Å². The van der Waals surface area contributed by atoms with Gasteiger partial charge in [-0.1, -0.05) is 32.9 Å². The quantitative estimate of drug-likeness (QED) is 0.937. The molecule has 1 aromatic carbocycles. The largest absolute Gasteiger partial charge is 0.550 e. The summed E-state index contributed by atoms with van der Waals surface area (Å²) in [5, 5.41) is 13.2. The van der Waals surface area contributed by atoms with Crippen molar-refractivity contribution in [1.82, 2.24) is 0 Å². The summed E-state index contributed by atoms with van der Waals surface area (Å²) < 4.78 is 5.56. The van der Waals surface area contributed by atoms with Crippen LogP contribution in [0.5, 0.6) is 0 Å². The van der Waals surface area contributed by atoms with E-state index < -0.39 is 5.97 Å². The minimum absolute atomic E-state index is 0.151. The molecule has 1 amide bonds. The van der Waals surface area contributed by atoms with Gasteiger partial charge in [0.25, 0.3) is 5.91 Å². The molecule has 1 heterocycles. The van der Waals surface area contributed by atoms with Crippen molar-refractivity contribution >= 4 is 17.6 Å². The first-order valence-corrected chi connectivity index (χ1v) is 6.96. The molecule has 22 heavy (non-hydrogen) atoms. The third-order valence-electron chi connectivity index (χ3n) is 3.13. The molecule has 0 aliphatic carbocycles. The Morgan fingerprint density at radius 1 is 1.09 bits per heavy atom.